The minimum atomic E-state index is 0.681. The fourth-order valence-corrected chi connectivity index (χ4v) is 2.75. The Morgan fingerprint density at radius 1 is 1.19 bits per heavy atom. The summed E-state index contributed by atoms with van der Waals surface area (Å²) in [7, 11) is 2.10. The van der Waals surface area contributed by atoms with Gasteiger partial charge in [-0.25, -0.2) is 0 Å². The molecule has 0 amide bonds. The van der Waals surface area contributed by atoms with Crippen LogP contribution in [0.4, 0.5) is 0 Å². The molecule has 1 aromatic carbocycles. The number of benzene rings is 1. The summed E-state index contributed by atoms with van der Waals surface area (Å²) in [5, 5.41) is 3.48. The lowest BCUT2D eigenvalue weighted by Gasteiger charge is -2.19. The lowest BCUT2D eigenvalue weighted by atomic mass is 9.93. The SMILES string of the molecule is CNC(Cc1c(C)cc(C)cc1C)C1CC1. The molecule has 0 radical (unpaired) electrons. The number of likely N-dealkylation sites (N-methyl/N-ethyl adjacent to an activating group) is 1. The zero-order valence-corrected chi connectivity index (χ0v) is 10.9. The second-order valence-electron chi connectivity index (χ2n) is 5.31. The average molecular weight is 217 g/mol. The summed E-state index contributed by atoms with van der Waals surface area (Å²) in [4.78, 5) is 0. The predicted octanol–water partition coefficient (Wildman–Crippen LogP) is 3.15. The average Bonchev–Trinajstić information content (AvgIpc) is 3.00. The van der Waals surface area contributed by atoms with Crippen LogP contribution < -0.4 is 5.32 Å². The van der Waals surface area contributed by atoms with Gasteiger partial charge < -0.3 is 5.32 Å². The number of rotatable bonds is 4. The Balaban J connectivity index is 2.19. The number of hydrogen-bond donors (Lipinski definition) is 1. The van der Waals surface area contributed by atoms with Crippen molar-refractivity contribution in [1.29, 1.82) is 0 Å². The summed E-state index contributed by atoms with van der Waals surface area (Å²) in [5.41, 5.74) is 5.85. The molecule has 1 fully saturated rings. The minimum absolute atomic E-state index is 0.681. The first kappa shape index (κ1) is 11.7. The zero-order valence-electron chi connectivity index (χ0n) is 10.9. The molecule has 0 heterocycles. The van der Waals surface area contributed by atoms with Crippen LogP contribution in [-0.4, -0.2) is 13.1 Å². The molecule has 1 aromatic rings. The highest BCUT2D eigenvalue weighted by Crippen LogP contribution is 2.34. The van der Waals surface area contributed by atoms with Gasteiger partial charge in [0.15, 0.2) is 0 Å². The maximum atomic E-state index is 3.48. The molecule has 0 saturated heterocycles. The largest absolute Gasteiger partial charge is 0.316 e. The normalized spacial score (nSPS) is 17.5. The topological polar surface area (TPSA) is 12.0 Å². The molecule has 0 aliphatic heterocycles. The Morgan fingerprint density at radius 3 is 2.19 bits per heavy atom. The summed E-state index contributed by atoms with van der Waals surface area (Å²) in [5.74, 6) is 0.921. The minimum Gasteiger partial charge on any atom is -0.316 e. The van der Waals surface area contributed by atoms with Crippen molar-refractivity contribution in [2.45, 2.75) is 46.1 Å². The van der Waals surface area contributed by atoms with E-state index in [1.165, 1.54) is 36.0 Å². The third kappa shape index (κ3) is 2.46. The van der Waals surface area contributed by atoms with Gasteiger partial charge in [0.2, 0.25) is 0 Å². The van der Waals surface area contributed by atoms with Crippen LogP contribution in [0.15, 0.2) is 12.1 Å². The first-order valence-electron chi connectivity index (χ1n) is 6.36. The van der Waals surface area contributed by atoms with Crippen LogP contribution >= 0.6 is 0 Å². The molecule has 16 heavy (non-hydrogen) atoms. The van der Waals surface area contributed by atoms with E-state index in [9.17, 15) is 0 Å². The third-order valence-electron chi connectivity index (χ3n) is 3.83. The van der Waals surface area contributed by atoms with Gasteiger partial charge in [0, 0.05) is 6.04 Å². The quantitative estimate of drug-likeness (QED) is 0.817. The van der Waals surface area contributed by atoms with Crippen molar-refractivity contribution in [3.63, 3.8) is 0 Å². The van der Waals surface area contributed by atoms with E-state index in [2.05, 4.69) is 45.3 Å². The Hall–Kier alpha value is -0.820. The molecule has 88 valence electrons. The van der Waals surface area contributed by atoms with Gasteiger partial charge in [-0.2, -0.15) is 0 Å². The van der Waals surface area contributed by atoms with E-state index in [0.29, 0.717) is 6.04 Å². The molecule has 0 spiro atoms. The fourth-order valence-electron chi connectivity index (χ4n) is 2.75. The smallest absolute Gasteiger partial charge is 0.0133 e. The molecule has 0 aromatic heterocycles. The molecular weight excluding hydrogens is 194 g/mol. The summed E-state index contributed by atoms with van der Waals surface area (Å²) in [6.07, 6.45) is 4.02. The maximum Gasteiger partial charge on any atom is 0.0133 e. The summed E-state index contributed by atoms with van der Waals surface area (Å²) in [6, 6.07) is 5.30. The van der Waals surface area contributed by atoms with E-state index in [0.717, 1.165) is 5.92 Å². The molecule has 1 atom stereocenters. The van der Waals surface area contributed by atoms with Crippen LogP contribution in [0.25, 0.3) is 0 Å². The van der Waals surface area contributed by atoms with Crippen molar-refractivity contribution >= 4 is 0 Å². The molecule has 1 nitrogen and oxygen atoms in total. The van der Waals surface area contributed by atoms with Crippen LogP contribution in [0.3, 0.4) is 0 Å². The summed E-state index contributed by atoms with van der Waals surface area (Å²) in [6.45, 7) is 6.67. The maximum absolute atomic E-state index is 3.48. The van der Waals surface area contributed by atoms with Crippen LogP contribution in [0, 0.1) is 26.7 Å². The van der Waals surface area contributed by atoms with Crippen molar-refractivity contribution < 1.29 is 0 Å². The molecule has 1 heteroatoms. The van der Waals surface area contributed by atoms with Gasteiger partial charge >= 0.3 is 0 Å². The Bertz CT molecular complexity index is 354. The molecule has 1 saturated carbocycles. The highest BCUT2D eigenvalue weighted by atomic mass is 14.9. The highest BCUT2D eigenvalue weighted by Gasteiger charge is 2.30. The van der Waals surface area contributed by atoms with Gasteiger partial charge in [-0.3, -0.25) is 0 Å². The third-order valence-corrected chi connectivity index (χ3v) is 3.83. The second-order valence-corrected chi connectivity index (χ2v) is 5.31. The Labute approximate surface area is 99.3 Å². The number of nitrogens with one attached hydrogen (secondary N) is 1. The van der Waals surface area contributed by atoms with Crippen LogP contribution in [0.2, 0.25) is 0 Å². The van der Waals surface area contributed by atoms with Crippen molar-refractivity contribution in [2.24, 2.45) is 5.92 Å². The standard InChI is InChI=1S/C15H23N/c1-10-7-11(2)14(12(3)8-10)9-15(16-4)13-5-6-13/h7-8,13,15-16H,5-6,9H2,1-4H3. The van der Waals surface area contributed by atoms with Crippen LogP contribution in [0.1, 0.15) is 35.1 Å². The lowest BCUT2D eigenvalue weighted by Crippen LogP contribution is -2.30. The molecule has 0 bridgehead atoms. The molecule has 1 unspecified atom stereocenters. The summed E-state index contributed by atoms with van der Waals surface area (Å²) < 4.78 is 0. The predicted molar refractivity (Wildman–Crippen MR) is 69.9 cm³/mol. The van der Waals surface area contributed by atoms with Gasteiger partial charge in [-0.15, -0.1) is 0 Å². The van der Waals surface area contributed by atoms with Gasteiger partial charge in [0.25, 0.3) is 0 Å². The monoisotopic (exact) mass is 217 g/mol. The fraction of sp³-hybridized carbons (Fsp3) is 0.600. The lowest BCUT2D eigenvalue weighted by molar-refractivity contribution is 0.498. The van der Waals surface area contributed by atoms with E-state index in [1.54, 1.807) is 5.56 Å². The van der Waals surface area contributed by atoms with Crippen LogP contribution in [-0.2, 0) is 6.42 Å². The second kappa shape index (κ2) is 4.58. The zero-order chi connectivity index (χ0) is 11.7. The molecule has 2 rings (SSSR count). The van der Waals surface area contributed by atoms with Gasteiger partial charge in [-0.1, -0.05) is 17.7 Å². The summed E-state index contributed by atoms with van der Waals surface area (Å²) >= 11 is 0. The van der Waals surface area contributed by atoms with Crippen molar-refractivity contribution in [1.82, 2.24) is 5.32 Å². The first-order valence-corrected chi connectivity index (χ1v) is 6.36. The van der Waals surface area contributed by atoms with Gasteiger partial charge in [0.05, 0.1) is 0 Å². The van der Waals surface area contributed by atoms with Crippen molar-refractivity contribution in [3.05, 3.63) is 34.4 Å². The first-order chi connectivity index (χ1) is 7.61. The Kier molecular flexibility index (Phi) is 3.34. The van der Waals surface area contributed by atoms with Gasteiger partial charge in [-0.05, 0) is 69.7 Å². The van der Waals surface area contributed by atoms with Gasteiger partial charge in [0.1, 0.15) is 0 Å². The highest BCUT2D eigenvalue weighted by molar-refractivity contribution is 5.38. The molecule has 1 aliphatic carbocycles. The van der Waals surface area contributed by atoms with E-state index in [-0.39, 0.29) is 0 Å². The molecular formula is C15H23N. The Morgan fingerprint density at radius 2 is 1.75 bits per heavy atom. The molecule has 1 aliphatic rings. The van der Waals surface area contributed by atoms with E-state index >= 15 is 0 Å². The number of aryl methyl sites for hydroxylation is 3. The van der Waals surface area contributed by atoms with Crippen molar-refractivity contribution in [3.8, 4) is 0 Å². The number of hydrogen-bond acceptors (Lipinski definition) is 1. The van der Waals surface area contributed by atoms with E-state index in [4.69, 9.17) is 0 Å². The van der Waals surface area contributed by atoms with E-state index < -0.39 is 0 Å². The van der Waals surface area contributed by atoms with Crippen molar-refractivity contribution in [2.75, 3.05) is 7.05 Å². The van der Waals surface area contributed by atoms with E-state index in [1.807, 2.05) is 0 Å². The molecule has 1 N–H and O–H groups in total. The van der Waals surface area contributed by atoms with Crippen LogP contribution in [0.5, 0.6) is 0 Å².